The first-order valence-electron chi connectivity index (χ1n) is 5.79. The largest absolute Gasteiger partial charge is 0.392 e. The number of aryl methyl sites for hydroxylation is 2. The molecule has 6 heteroatoms. The van der Waals surface area contributed by atoms with E-state index in [0.29, 0.717) is 5.69 Å². The van der Waals surface area contributed by atoms with E-state index in [-0.39, 0.29) is 10.7 Å². The van der Waals surface area contributed by atoms with Gasteiger partial charge in [0.05, 0.1) is 10.7 Å². The highest BCUT2D eigenvalue weighted by Crippen LogP contribution is 2.23. The van der Waals surface area contributed by atoms with Crippen molar-refractivity contribution in [3.8, 4) is 0 Å². The molecular formula is C12H18N2O2S2. The van der Waals surface area contributed by atoms with Crippen LogP contribution in [0.4, 0.5) is 5.69 Å². The maximum Gasteiger partial charge on any atom is 0.239 e. The first-order chi connectivity index (χ1) is 8.39. The van der Waals surface area contributed by atoms with Gasteiger partial charge in [-0.25, -0.2) is 8.42 Å². The minimum absolute atomic E-state index is 0.0328. The van der Waals surface area contributed by atoms with Crippen LogP contribution in [0.2, 0.25) is 0 Å². The molecule has 0 unspecified atom stereocenters. The predicted octanol–water partition coefficient (Wildman–Crippen LogP) is 1.84. The molecule has 0 saturated heterocycles. The molecule has 0 radical (unpaired) electrons. The molecule has 0 aromatic heterocycles. The van der Waals surface area contributed by atoms with Gasteiger partial charge in [0.25, 0.3) is 0 Å². The van der Waals surface area contributed by atoms with Gasteiger partial charge in [0.2, 0.25) is 10.0 Å². The van der Waals surface area contributed by atoms with Crippen molar-refractivity contribution in [1.82, 2.24) is 0 Å². The molecule has 0 aliphatic heterocycles. The van der Waals surface area contributed by atoms with Crippen molar-refractivity contribution in [3.05, 3.63) is 29.3 Å². The molecule has 1 aromatic carbocycles. The fourth-order valence-electron chi connectivity index (χ4n) is 1.75. The van der Waals surface area contributed by atoms with Crippen LogP contribution in [0, 0.1) is 0 Å². The minimum Gasteiger partial charge on any atom is -0.392 e. The summed E-state index contributed by atoms with van der Waals surface area (Å²) in [6.45, 7) is 3.97. The molecule has 1 rings (SSSR count). The van der Waals surface area contributed by atoms with Crippen molar-refractivity contribution >= 4 is 32.9 Å². The highest BCUT2D eigenvalue weighted by Gasteiger charge is 2.15. The van der Waals surface area contributed by atoms with Crippen molar-refractivity contribution in [3.63, 3.8) is 0 Å². The van der Waals surface area contributed by atoms with Crippen molar-refractivity contribution in [2.24, 2.45) is 5.73 Å². The maximum atomic E-state index is 11.9. The molecule has 100 valence electrons. The predicted molar refractivity (Wildman–Crippen MR) is 79.4 cm³/mol. The fourth-order valence-corrected chi connectivity index (χ4v) is 3.24. The van der Waals surface area contributed by atoms with Crippen molar-refractivity contribution < 1.29 is 8.42 Å². The number of para-hydroxylation sites is 1. The third-order valence-electron chi connectivity index (χ3n) is 2.59. The lowest BCUT2D eigenvalue weighted by atomic mass is 10.0. The number of benzene rings is 1. The van der Waals surface area contributed by atoms with Gasteiger partial charge in [0.15, 0.2) is 0 Å². The van der Waals surface area contributed by atoms with E-state index in [2.05, 4.69) is 16.9 Å². The van der Waals surface area contributed by atoms with Gasteiger partial charge in [-0.1, -0.05) is 44.3 Å². The average Bonchev–Trinajstić information content (AvgIpc) is 2.27. The van der Waals surface area contributed by atoms with Crippen LogP contribution in [0.1, 0.15) is 25.0 Å². The van der Waals surface area contributed by atoms with Crippen LogP contribution in [-0.2, 0) is 22.9 Å². The van der Waals surface area contributed by atoms with E-state index in [1.807, 2.05) is 32.0 Å². The van der Waals surface area contributed by atoms with Crippen LogP contribution in [0.25, 0.3) is 0 Å². The summed E-state index contributed by atoms with van der Waals surface area (Å²) >= 11 is 4.64. The molecule has 0 atom stereocenters. The Morgan fingerprint density at radius 3 is 2.17 bits per heavy atom. The Kier molecular flexibility index (Phi) is 5.10. The van der Waals surface area contributed by atoms with E-state index in [0.717, 1.165) is 24.0 Å². The van der Waals surface area contributed by atoms with Gasteiger partial charge in [-0.15, -0.1) is 0 Å². The lowest BCUT2D eigenvalue weighted by Crippen LogP contribution is -2.27. The van der Waals surface area contributed by atoms with Crippen molar-refractivity contribution in [2.75, 3.05) is 10.5 Å². The second-order valence-corrected chi connectivity index (χ2v) is 6.23. The van der Waals surface area contributed by atoms with E-state index in [4.69, 9.17) is 5.73 Å². The average molecular weight is 286 g/mol. The standard InChI is InChI=1S/C12H18N2O2S2/c1-3-9-6-5-7-10(4-2)12(9)14-18(15,16)8-11(13)17/h5-7,14H,3-4,8H2,1-2H3,(H2,13,17). The van der Waals surface area contributed by atoms with E-state index < -0.39 is 10.0 Å². The van der Waals surface area contributed by atoms with E-state index in [1.54, 1.807) is 0 Å². The molecule has 3 N–H and O–H groups in total. The molecule has 1 aromatic rings. The Hall–Kier alpha value is -1.14. The second-order valence-electron chi connectivity index (χ2n) is 3.99. The summed E-state index contributed by atoms with van der Waals surface area (Å²) in [7, 11) is -3.52. The Bertz CT molecular complexity index is 517. The SMILES string of the molecule is CCc1cccc(CC)c1NS(=O)(=O)CC(N)=S. The Morgan fingerprint density at radius 2 is 1.78 bits per heavy atom. The van der Waals surface area contributed by atoms with Crippen LogP contribution < -0.4 is 10.5 Å². The first kappa shape index (κ1) is 14.9. The van der Waals surface area contributed by atoms with Gasteiger partial charge in [0.1, 0.15) is 5.75 Å². The summed E-state index contributed by atoms with van der Waals surface area (Å²) in [5.74, 6) is -0.330. The summed E-state index contributed by atoms with van der Waals surface area (Å²) < 4.78 is 26.3. The lowest BCUT2D eigenvalue weighted by molar-refractivity contribution is 0.605. The highest BCUT2D eigenvalue weighted by molar-refractivity contribution is 7.95. The number of hydrogen-bond acceptors (Lipinski definition) is 3. The summed E-state index contributed by atoms with van der Waals surface area (Å²) in [6.07, 6.45) is 1.53. The molecule has 18 heavy (non-hydrogen) atoms. The van der Waals surface area contributed by atoms with Gasteiger partial charge in [-0.3, -0.25) is 4.72 Å². The second kappa shape index (κ2) is 6.15. The highest BCUT2D eigenvalue weighted by atomic mass is 32.2. The first-order valence-corrected chi connectivity index (χ1v) is 7.85. The number of thiocarbonyl (C=S) groups is 1. The Morgan fingerprint density at radius 1 is 1.28 bits per heavy atom. The summed E-state index contributed by atoms with van der Waals surface area (Å²) in [6, 6.07) is 5.76. The van der Waals surface area contributed by atoms with Gasteiger partial charge in [0, 0.05) is 0 Å². The summed E-state index contributed by atoms with van der Waals surface area (Å²) in [5, 5.41) is 0. The smallest absolute Gasteiger partial charge is 0.239 e. The summed E-state index contributed by atoms with van der Waals surface area (Å²) in [5.41, 5.74) is 7.90. The molecule has 0 aliphatic carbocycles. The number of anilines is 1. The van der Waals surface area contributed by atoms with Crippen LogP contribution in [0.5, 0.6) is 0 Å². The van der Waals surface area contributed by atoms with Gasteiger partial charge in [-0.05, 0) is 24.0 Å². The topological polar surface area (TPSA) is 72.2 Å². The molecule has 0 heterocycles. The molecule has 0 amide bonds. The van der Waals surface area contributed by atoms with Gasteiger partial charge >= 0.3 is 0 Å². The molecule has 0 saturated carbocycles. The van der Waals surface area contributed by atoms with Crippen LogP contribution >= 0.6 is 12.2 Å². The quantitative estimate of drug-likeness (QED) is 0.783. The molecule has 0 fully saturated rings. The molecule has 0 aliphatic rings. The van der Waals surface area contributed by atoms with Crippen molar-refractivity contribution in [1.29, 1.82) is 0 Å². The zero-order chi connectivity index (χ0) is 13.8. The molecule has 4 nitrogen and oxygen atoms in total. The number of nitrogens with two attached hydrogens (primary N) is 1. The number of sulfonamides is 1. The van der Waals surface area contributed by atoms with Crippen LogP contribution in [-0.4, -0.2) is 19.2 Å². The van der Waals surface area contributed by atoms with E-state index >= 15 is 0 Å². The third kappa shape index (κ3) is 3.96. The van der Waals surface area contributed by atoms with E-state index in [1.165, 1.54) is 0 Å². The normalized spacial score (nSPS) is 11.2. The monoisotopic (exact) mass is 286 g/mol. The van der Waals surface area contributed by atoms with Crippen molar-refractivity contribution in [2.45, 2.75) is 26.7 Å². The molecule has 0 bridgehead atoms. The summed E-state index contributed by atoms with van der Waals surface area (Å²) in [4.78, 5) is -0.0328. The van der Waals surface area contributed by atoms with Crippen LogP contribution in [0.3, 0.4) is 0 Å². The zero-order valence-electron chi connectivity index (χ0n) is 10.6. The maximum absolute atomic E-state index is 11.9. The minimum atomic E-state index is -3.52. The zero-order valence-corrected chi connectivity index (χ0v) is 12.2. The van der Waals surface area contributed by atoms with Gasteiger partial charge in [-0.2, -0.15) is 0 Å². The lowest BCUT2D eigenvalue weighted by Gasteiger charge is -2.15. The Balaban J connectivity index is 3.13. The Labute approximate surface area is 114 Å². The molecule has 0 spiro atoms. The number of rotatable bonds is 6. The number of nitrogens with one attached hydrogen (secondary N) is 1. The van der Waals surface area contributed by atoms with E-state index in [9.17, 15) is 8.42 Å². The molecular weight excluding hydrogens is 268 g/mol. The van der Waals surface area contributed by atoms with Gasteiger partial charge < -0.3 is 5.73 Å². The number of hydrogen-bond donors (Lipinski definition) is 2. The third-order valence-corrected chi connectivity index (χ3v) is 4.12. The fraction of sp³-hybridized carbons (Fsp3) is 0.417. The van der Waals surface area contributed by atoms with Crippen LogP contribution in [0.15, 0.2) is 18.2 Å².